The molecule has 10 nitrogen and oxygen atoms in total. The van der Waals surface area contributed by atoms with Crippen molar-refractivity contribution in [2.24, 2.45) is 0 Å². The van der Waals surface area contributed by atoms with Crippen LogP contribution in [-0.2, 0) is 6.54 Å². The van der Waals surface area contributed by atoms with E-state index in [-0.39, 0.29) is 17.6 Å². The van der Waals surface area contributed by atoms with Gasteiger partial charge >= 0.3 is 0 Å². The molecular formula is C30H37N7O3. The molecule has 1 saturated carbocycles. The van der Waals surface area contributed by atoms with E-state index in [1.54, 1.807) is 7.11 Å². The molecule has 1 atom stereocenters. The molecule has 6 rings (SSSR count). The smallest absolute Gasteiger partial charge is 0.253 e. The number of hydrogen-bond donors (Lipinski definition) is 1. The third-order valence-electron chi connectivity index (χ3n) is 8.20. The molecule has 0 amide bonds. The predicted octanol–water partition coefficient (Wildman–Crippen LogP) is 3.94. The Bertz CT molecular complexity index is 1500. The lowest BCUT2D eigenvalue weighted by atomic mass is 10.0. The zero-order valence-corrected chi connectivity index (χ0v) is 23.3. The molecule has 2 aliphatic rings. The van der Waals surface area contributed by atoms with Gasteiger partial charge in [-0.05, 0) is 72.2 Å². The van der Waals surface area contributed by atoms with Gasteiger partial charge in [-0.1, -0.05) is 25.0 Å². The molecule has 0 spiro atoms. The van der Waals surface area contributed by atoms with Gasteiger partial charge in [0.25, 0.3) is 5.56 Å². The summed E-state index contributed by atoms with van der Waals surface area (Å²) in [6.45, 7) is 6.74. The lowest BCUT2D eigenvalue weighted by molar-refractivity contribution is 0.0988. The van der Waals surface area contributed by atoms with Crippen molar-refractivity contribution in [3.63, 3.8) is 0 Å². The van der Waals surface area contributed by atoms with Gasteiger partial charge < -0.3 is 14.5 Å². The Morgan fingerprint density at radius 2 is 1.85 bits per heavy atom. The highest BCUT2D eigenvalue weighted by molar-refractivity contribution is 5.80. The first-order chi connectivity index (χ1) is 19.6. The van der Waals surface area contributed by atoms with Crippen molar-refractivity contribution in [2.45, 2.75) is 51.2 Å². The number of aromatic nitrogens is 5. The minimum atomic E-state index is -0.349. The minimum absolute atomic E-state index is 0.110. The number of methoxy groups -OCH3 is 1. The number of benzene rings is 2. The molecule has 2 fully saturated rings. The molecule has 0 bridgehead atoms. The maximum atomic E-state index is 13.6. The van der Waals surface area contributed by atoms with E-state index in [1.165, 1.54) is 18.4 Å². The summed E-state index contributed by atoms with van der Waals surface area (Å²) in [5.41, 5.74) is 2.57. The van der Waals surface area contributed by atoms with Crippen LogP contribution in [-0.4, -0.2) is 74.9 Å². The summed E-state index contributed by atoms with van der Waals surface area (Å²) in [4.78, 5) is 21.5. The monoisotopic (exact) mass is 543 g/mol. The Morgan fingerprint density at radius 3 is 2.62 bits per heavy atom. The Hall–Kier alpha value is -3.76. The van der Waals surface area contributed by atoms with Crippen molar-refractivity contribution < 1.29 is 9.47 Å². The molecule has 1 saturated heterocycles. The molecule has 1 aliphatic carbocycles. The standard InChI is InChI=1S/C30H37N7O3/c1-3-40-25-11-12-27-22(18-25)19-26(30(38)31-27)28(29-32-33-34-37(29)23-8-4-5-9-23)36-15-13-35(14-16-36)20-21-7-6-10-24(17-21)39-2/h6-7,10-12,17-19,23,28H,3-5,8-9,13-16,20H2,1-2H3,(H,31,38)/t28-/m1/s1. The van der Waals surface area contributed by atoms with E-state index in [0.29, 0.717) is 12.2 Å². The fourth-order valence-corrected chi connectivity index (χ4v) is 6.16. The molecular weight excluding hydrogens is 506 g/mol. The van der Waals surface area contributed by atoms with Crippen LogP contribution in [0.1, 0.15) is 61.6 Å². The largest absolute Gasteiger partial charge is 0.497 e. The van der Waals surface area contributed by atoms with E-state index in [9.17, 15) is 4.79 Å². The predicted molar refractivity (Wildman–Crippen MR) is 153 cm³/mol. The minimum Gasteiger partial charge on any atom is -0.497 e. The fraction of sp³-hybridized carbons (Fsp3) is 0.467. The van der Waals surface area contributed by atoms with Crippen molar-refractivity contribution in [2.75, 3.05) is 39.9 Å². The Morgan fingerprint density at radius 1 is 1.02 bits per heavy atom. The van der Waals surface area contributed by atoms with Crippen molar-refractivity contribution >= 4 is 10.9 Å². The Labute approximate surface area is 233 Å². The topological polar surface area (TPSA) is 101 Å². The highest BCUT2D eigenvalue weighted by Crippen LogP contribution is 2.34. The number of fused-ring (bicyclic) bond motifs is 1. The van der Waals surface area contributed by atoms with Gasteiger partial charge in [0.1, 0.15) is 17.5 Å². The average Bonchev–Trinajstić information content (AvgIpc) is 3.68. The van der Waals surface area contributed by atoms with Crippen LogP contribution in [0.3, 0.4) is 0 Å². The van der Waals surface area contributed by atoms with E-state index < -0.39 is 0 Å². The van der Waals surface area contributed by atoms with E-state index in [1.807, 2.05) is 48.0 Å². The molecule has 10 heteroatoms. The molecule has 40 heavy (non-hydrogen) atoms. The van der Waals surface area contributed by atoms with Crippen LogP contribution >= 0.6 is 0 Å². The summed E-state index contributed by atoms with van der Waals surface area (Å²) < 4.78 is 13.1. The van der Waals surface area contributed by atoms with Crippen LogP contribution in [0, 0.1) is 0 Å². The average molecular weight is 544 g/mol. The Kier molecular flexibility index (Phi) is 7.79. The summed E-state index contributed by atoms with van der Waals surface area (Å²) in [5, 5.41) is 14.0. The molecule has 0 radical (unpaired) electrons. The SMILES string of the molecule is CCOc1ccc2[nH]c(=O)c([C@H](c3nnnn3C3CCCC3)N3CCN(Cc4cccc(OC)c4)CC3)cc2c1. The summed E-state index contributed by atoms with van der Waals surface area (Å²) in [6, 6.07) is 15.9. The zero-order valence-electron chi connectivity index (χ0n) is 23.3. The van der Waals surface area contributed by atoms with Crippen molar-refractivity contribution in [1.29, 1.82) is 0 Å². The summed E-state index contributed by atoms with van der Waals surface area (Å²) in [5.74, 6) is 2.41. The van der Waals surface area contributed by atoms with Gasteiger partial charge in [-0.3, -0.25) is 14.6 Å². The van der Waals surface area contributed by atoms with Crippen LogP contribution in [0.25, 0.3) is 10.9 Å². The number of rotatable bonds is 9. The third kappa shape index (κ3) is 5.46. The van der Waals surface area contributed by atoms with Gasteiger partial charge in [0.2, 0.25) is 0 Å². The van der Waals surface area contributed by atoms with Crippen molar-refractivity contribution in [1.82, 2.24) is 35.0 Å². The first kappa shape index (κ1) is 26.5. The quantitative estimate of drug-likeness (QED) is 0.339. The Balaban J connectivity index is 1.32. The lowest BCUT2D eigenvalue weighted by Crippen LogP contribution is -2.48. The van der Waals surface area contributed by atoms with E-state index in [0.717, 1.165) is 73.8 Å². The van der Waals surface area contributed by atoms with Crippen LogP contribution in [0.5, 0.6) is 11.5 Å². The van der Waals surface area contributed by atoms with Gasteiger partial charge in [-0.25, -0.2) is 4.68 Å². The van der Waals surface area contributed by atoms with E-state index >= 15 is 0 Å². The summed E-state index contributed by atoms with van der Waals surface area (Å²) in [6.07, 6.45) is 4.47. The zero-order chi connectivity index (χ0) is 27.5. The fourth-order valence-electron chi connectivity index (χ4n) is 6.16. The summed E-state index contributed by atoms with van der Waals surface area (Å²) >= 11 is 0. The maximum absolute atomic E-state index is 13.6. The maximum Gasteiger partial charge on any atom is 0.253 e. The number of nitrogens with zero attached hydrogens (tertiary/aromatic N) is 6. The van der Waals surface area contributed by atoms with Gasteiger partial charge in [-0.15, -0.1) is 5.10 Å². The van der Waals surface area contributed by atoms with Gasteiger partial charge in [0, 0.05) is 49.2 Å². The molecule has 1 N–H and O–H groups in total. The second-order valence-electron chi connectivity index (χ2n) is 10.7. The molecule has 210 valence electrons. The number of ether oxygens (including phenoxy) is 2. The molecule has 2 aromatic carbocycles. The van der Waals surface area contributed by atoms with Gasteiger partial charge in [-0.2, -0.15) is 0 Å². The lowest BCUT2D eigenvalue weighted by Gasteiger charge is -2.39. The van der Waals surface area contributed by atoms with Crippen LogP contribution in [0.15, 0.2) is 53.3 Å². The number of nitrogens with one attached hydrogen (secondary N) is 1. The number of pyridine rings is 1. The number of H-pyrrole nitrogens is 1. The molecule has 1 aliphatic heterocycles. The number of hydrogen-bond acceptors (Lipinski definition) is 8. The molecule has 4 aromatic rings. The number of aromatic amines is 1. The van der Waals surface area contributed by atoms with E-state index in [4.69, 9.17) is 9.47 Å². The van der Waals surface area contributed by atoms with Gasteiger partial charge in [0.05, 0.1) is 19.8 Å². The van der Waals surface area contributed by atoms with Crippen molar-refractivity contribution in [3.05, 3.63) is 75.8 Å². The van der Waals surface area contributed by atoms with Crippen molar-refractivity contribution in [3.8, 4) is 11.5 Å². The molecule has 3 heterocycles. The number of piperazine rings is 1. The van der Waals surface area contributed by atoms with Crippen LogP contribution in [0.4, 0.5) is 0 Å². The second kappa shape index (κ2) is 11.8. The molecule has 0 unspecified atom stereocenters. The first-order valence-corrected chi connectivity index (χ1v) is 14.3. The van der Waals surface area contributed by atoms with Crippen LogP contribution < -0.4 is 15.0 Å². The highest BCUT2D eigenvalue weighted by atomic mass is 16.5. The van der Waals surface area contributed by atoms with Crippen LogP contribution in [0.2, 0.25) is 0 Å². The molecule has 2 aromatic heterocycles. The van der Waals surface area contributed by atoms with Gasteiger partial charge in [0.15, 0.2) is 5.82 Å². The first-order valence-electron chi connectivity index (χ1n) is 14.3. The normalized spacial score (nSPS) is 17.9. The summed E-state index contributed by atoms with van der Waals surface area (Å²) in [7, 11) is 1.70. The number of tetrazole rings is 1. The van der Waals surface area contributed by atoms with E-state index in [2.05, 4.69) is 42.4 Å². The third-order valence-corrected chi connectivity index (χ3v) is 8.20. The highest BCUT2D eigenvalue weighted by Gasteiger charge is 2.34. The second-order valence-corrected chi connectivity index (χ2v) is 10.7.